The van der Waals surface area contributed by atoms with Crippen LogP contribution in [0.1, 0.15) is 16.8 Å². The van der Waals surface area contributed by atoms with Gasteiger partial charge in [-0.3, -0.25) is 4.79 Å². The zero-order chi connectivity index (χ0) is 13.2. The summed E-state index contributed by atoms with van der Waals surface area (Å²) in [6, 6.07) is 8.05. The monoisotopic (exact) mass is 273 g/mol. The summed E-state index contributed by atoms with van der Waals surface area (Å²) in [6.07, 6.45) is 0.729. The summed E-state index contributed by atoms with van der Waals surface area (Å²) in [6.45, 7) is 2.66. The molecule has 1 aromatic heterocycles. The minimum absolute atomic E-state index is 0.0103. The van der Waals surface area contributed by atoms with Crippen LogP contribution in [0.5, 0.6) is 0 Å². The number of carbonyl (C=O) groups excluding carboxylic acids is 1. The van der Waals surface area contributed by atoms with E-state index in [4.69, 9.17) is 0 Å². The Morgan fingerprint density at radius 3 is 2.95 bits per heavy atom. The number of anilines is 1. The van der Waals surface area contributed by atoms with Crippen LogP contribution in [0, 0.1) is 6.92 Å². The summed E-state index contributed by atoms with van der Waals surface area (Å²) in [5, 5.41) is 8.74. The number of benzene rings is 1. The Bertz CT molecular complexity index is 608. The maximum atomic E-state index is 12.2. The lowest BCUT2D eigenvalue weighted by atomic mass is 9.95. The number of aromatic nitrogens is 1. The number of hydrogen-bond donors (Lipinski definition) is 2. The van der Waals surface area contributed by atoms with Crippen molar-refractivity contribution in [3.05, 3.63) is 46.5 Å². The first-order chi connectivity index (χ1) is 9.22. The van der Waals surface area contributed by atoms with Crippen molar-refractivity contribution in [2.75, 3.05) is 5.32 Å². The van der Waals surface area contributed by atoms with Crippen molar-refractivity contribution >= 4 is 22.4 Å². The molecule has 4 nitrogen and oxygen atoms in total. The Hall–Kier alpha value is -1.72. The fourth-order valence-electron chi connectivity index (χ4n) is 2.24. The second kappa shape index (κ2) is 5.11. The molecule has 1 atom stereocenters. The fraction of sp³-hybridized carbons (Fsp3) is 0.286. The van der Waals surface area contributed by atoms with Crippen molar-refractivity contribution in [1.29, 1.82) is 0 Å². The largest absolute Gasteiger partial charge is 0.301 e. The van der Waals surface area contributed by atoms with Crippen molar-refractivity contribution in [3.8, 4) is 0 Å². The van der Waals surface area contributed by atoms with E-state index < -0.39 is 0 Å². The summed E-state index contributed by atoms with van der Waals surface area (Å²) in [5.74, 6) is -0.0103. The number of rotatable bonds is 2. The third-order valence-electron chi connectivity index (χ3n) is 3.25. The lowest BCUT2D eigenvalue weighted by Gasteiger charge is -2.24. The molecule has 98 valence electrons. The number of aryl methyl sites for hydroxylation is 1. The Labute approximate surface area is 115 Å². The van der Waals surface area contributed by atoms with Crippen LogP contribution < -0.4 is 10.6 Å². The Kier molecular flexibility index (Phi) is 3.31. The van der Waals surface area contributed by atoms with Gasteiger partial charge >= 0.3 is 0 Å². The average molecular weight is 273 g/mol. The molecule has 3 rings (SSSR count). The number of hydrogen-bond acceptors (Lipinski definition) is 4. The molecule has 1 amide bonds. The third kappa shape index (κ3) is 2.67. The van der Waals surface area contributed by atoms with Gasteiger partial charge in [0.05, 0.1) is 11.7 Å². The topological polar surface area (TPSA) is 54.0 Å². The van der Waals surface area contributed by atoms with Gasteiger partial charge < -0.3 is 10.6 Å². The second-order valence-electron chi connectivity index (χ2n) is 4.69. The van der Waals surface area contributed by atoms with Crippen molar-refractivity contribution in [2.24, 2.45) is 0 Å². The summed E-state index contributed by atoms with van der Waals surface area (Å²) in [5.41, 5.74) is 3.45. The van der Waals surface area contributed by atoms with Gasteiger partial charge in [-0.05, 0) is 24.5 Å². The zero-order valence-corrected chi connectivity index (χ0v) is 11.5. The van der Waals surface area contributed by atoms with Gasteiger partial charge in [0.15, 0.2) is 5.13 Å². The van der Waals surface area contributed by atoms with Crippen LogP contribution in [0.2, 0.25) is 0 Å². The normalized spacial score (nSPS) is 17.8. The second-order valence-corrected chi connectivity index (χ2v) is 5.55. The van der Waals surface area contributed by atoms with Gasteiger partial charge in [-0.2, -0.15) is 0 Å². The van der Waals surface area contributed by atoms with Crippen molar-refractivity contribution in [3.63, 3.8) is 0 Å². The van der Waals surface area contributed by atoms with Crippen LogP contribution in [-0.4, -0.2) is 16.9 Å². The Morgan fingerprint density at radius 1 is 1.42 bits per heavy atom. The maximum absolute atomic E-state index is 12.2. The molecule has 1 aliphatic rings. The highest BCUT2D eigenvalue weighted by atomic mass is 32.1. The van der Waals surface area contributed by atoms with E-state index in [1.807, 2.05) is 24.4 Å². The maximum Gasteiger partial charge on any atom is 0.243 e. The molecular formula is C14H15N3OS. The van der Waals surface area contributed by atoms with E-state index in [-0.39, 0.29) is 11.9 Å². The van der Waals surface area contributed by atoms with E-state index in [0.29, 0.717) is 5.13 Å². The van der Waals surface area contributed by atoms with Gasteiger partial charge in [0.25, 0.3) is 0 Å². The molecular weight excluding hydrogens is 258 g/mol. The van der Waals surface area contributed by atoms with Crippen LogP contribution >= 0.6 is 11.3 Å². The van der Waals surface area contributed by atoms with Gasteiger partial charge in [0.2, 0.25) is 5.91 Å². The van der Waals surface area contributed by atoms with Crippen LogP contribution in [0.15, 0.2) is 29.6 Å². The first-order valence-electron chi connectivity index (χ1n) is 6.25. The molecule has 0 radical (unpaired) electrons. The molecule has 0 fully saturated rings. The minimum atomic E-state index is -0.181. The quantitative estimate of drug-likeness (QED) is 0.881. The van der Waals surface area contributed by atoms with E-state index in [1.165, 1.54) is 22.5 Å². The molecule has 0 unspecified atom stereocenters. The molecule has 0 saturated carbocycles. The molecule has 5 heteroatoms. The zero-order valence-electron chi connectivity index (χ0n) is 10.6. The van der Waals surface area contributed by atoms with Crippen LogP contribution in [-0.2, 0) is 17.8 Å². The van der Waals surface area contributed by atoms with E-state index in [0.717, 1.165) is 18.7 Å². The lowest BCUT2D eigenvalue weighted by molar-refractivity contribution is -0.118. The van der Waals surface area contributed by atoms with Gasteiger partial charge in [-0.15, -0.1) is 11.3 Å². The highest BCUT2D eigenvalue weighted by Crippen LogP contribution is 2.19. The Balaban J connectivity index is 1.69. The highest BCUT2D eigenvalue weighted by molar-refractivity contribution is 7.13. The SMILES string of the molecule is Cc1csc(NC(=O)[C@@H]2Cc3ccccc3CN2)n1. The van der Waals surface area contributed by atoms with Crippen LogP contribution in [0.4, 0.5) is 5.13 Å². The van der Waals surface area contributed by atoms with E-state index in [1.54, 1.807) is 0 Å². The molecule has 0 bridgehead atoms. The van der Waals surface area contributed by atoms with Gasteiger partial charge in [0, 0.05) is 11.9 Å². The van der Waals surface area contributed by atoms with Crippen molar-refractivity contribution in [1.82, 2.24) is 10.3 Å². The summed E-state index contributed by atoms with van der Waals surface area (Å²) < 4.78 is 0. The number of nitrogens with zero attached hydrogens (tertiary/aromatic N) is 1. The fourth-order valence-corrected chi connectivity index (χ4v) is 2.93. The summed E-state index contributed by atoms with van der Waals surface area (Å²) in [7, 11) is 0. The number of thiazole rings is 1. The van der Waals surface area contributed by atoms with Crippen LogP contribution in [0.3, 0.4) is 0 Å². The van der Waals surface area contributed by atoms with Crippen molar-refractivity contribution in [2.45, 2.75) is 25.9 Å². The van der Waals surface area contributed by atoms with Crippen LogP contribution in [0.25, 0.3) is 0 Å². The summed E-state index contributed by atoms with van der Waals surface area (Å²) >= 11 is 1.46. The number of carbonyl (C=O) groups is 1. The van der Waals surface area contributed by atoms with E-state index in [9.17, 15) is 4.79 Å². The molecule has 1 aliphatic heterocycles. The molecule has 2 N–H and O–H groups in total. The van der Waals surface area contributed by atoms with Gasteiger partial charge in [-0.25, -0.2) is 4.98 Å². The van der Waals surface area contributed by atoms with Gasteiger partial charge in [0.1, 0.15) is 0 Å². The average Bonchev–Trinajstić information content (AvgIpc) is 2.83. The smallest absolute Gasteiger partial charge is 0.243 e. The number of amides is 1. The van der Waals surface area contributed by atoms with Crippen molar-refractivity contribution < 1.29 is 4.79 Å². The molecule has 2 heterocycles. The number of nitrogens with one attached hydrogen (secondary N) is 2. The molecule has 0 aliphatic carbocycles. The summed E-state index contributed by atoms with van der Waals surface area (Å²) in [4.78, 5) is 16.4. The predicted molar refractivity (Wildman–Crippen MR) is 76.3 cm³/mol. The third-order valence-corrected chi connectivity index (χ3v) is 4.12. The molecule has 0 saturated heterocycles. The first kappa shape index (κ1) is 12.3. The predicted octanol–water partition coefficient (Wildman–Crippen LogP) is 2.10. The highest BCUT2D eigenvalue weighted by Gasteiger charge is 2.24. The van der Waals surface area contributed by atoms with E-state index >= 15 is 0 Å². The molecule has 0 spiro atoms. The first-order valence-corrected chi connectivity index (χ1v) is 7.13. The molecule has 19 heavy (non-hydrogen) atoms. The molecule has 2 aromatic rings. The van der Waals surface area contributed by atoms with Gasteiger partial charge in [-0.1, -0.05) is 24.3 Å². The van der Waals surface area contributed by atoms with E-state index in [2.05, 4.69) is 27.8 Å². The number of fused-ring (bicyclic) bond motifs is 1. The lowest BCUT2D eigenvalue weighted by Crippen LogP contribution is -2.44. The molecule has 1 aromatic carbocycles. The standard InChI is InChI=1S/C14H15N3OS/c1-9-8-19-14(16-9)17-13(18)12-6-10-4-2-3-5-11(10)7-15-12/h2-5,8,12,15H,6-7H2,1H3,(H,16,17,18)/t12-/m0/s1. The minimum Gasteiger partial charge on any atom is -0.301 e. The Morgan fingerprint density at radius 2 is 2.21 bits per heavy atom.